The summed E-state index contributed by atoms with van der Waals surface area (Å²) < 4.78 is 12.2. The first-order valence-electron chi connectivity index (χ1n) is 16.5. The second-order valence-corrected chi connectivity index (χ2v) is 13.9. The van der Waals surface area contributed by atoms with E-state index in [9.17, 15) is 14.4 Å². The summed E-state index contributed by atoms with van der Waals surface area (Å²) in [6.45, 7) is 8.33. The molecule has 2 unspecified atom stereocenters. The average Bonchev–Trinajstić information content (AvgIpc) is 3.60. The SMILES string of the molecule is COC(=O)c1ccc(OC(=O)N2C3CCC2CC(Cc2ccc(NC(=O)Nc4cc(C(C)(C)C)nn4-c4ccc(C)cc4)cc2)C3)cc1. The minimum atomic E-state index is -0.433. The van der Waals surface area contributed by atoms with E-state index < -0.39 is 5.97 Å². The standard InChI is InChI=1S/C38H43N5O5/c1-24-6-14-29(15-7-24)43-34(23-33(41-43)38(2,3)4)40-36(45)39-28-12-8-25(9-13-28)20-26-21-30-16-17-31(22-26)42(30)37(46)48-32-18-10-27(11-19-32)35(44)47-5/h6-15,18-19,23,26,30-31H,16-17,20-22H2,1-5H3,(H2,39,40,45). The van der Waals surface area contributed by atoms with Gasteiger partial charge in [0.25, 0.3) is 0 Å². The van der Waals surface area contributed by atoms with E-state index in [0.29, 0.717) is 28.7 Å². The molecule has 2 aliphatic rings. The maximum absolute atomic E-state index is 13.1. The van der Waals surface area contributed by atoms with Crippen molar-refractivity contribution in [3.8, 4) is 11.4 Å². The van der Waals surface area contributed by atoms with Gasteiger partial charge in [-0.2, -0.15) is 5.10 Å². The number of methoxy groups -OCH3 is 1. The Morgan fingerprint density at radius 2 is 1.52 bits per heavy atom. The molecule has 10 heteroatoms. The lowest BCUT2D eigenvalue weighted by atomic mass is 9.86. The summed E-state index contributed by atoms with van der Waals surface area (Å²) in [6, 6.07) is 24.3. The van der Waals surface area contributed by atoms with E-state index in [-0.39, 0.29) is 29.6 Å². The van der Waals surface area contributed by atoms with Crippen LogP contribution >= 0.6 is 0 Å². The van der Waals surface area contributed by atoms with Crippen LogP contribution in [0.1, 0.15) is 73.6 Å². The molecule has 0 radical (unpaired) electrons. The molecule has 3 amide bonds. The number of nitrogens with one attached hydrogen (secondary N) is 2. The Hall–Kier alpha value is -5.12. The monoisotopic (exact) mass is 649 g/mol. The number of aryl methyl sites for hydroxylation is 1. The van der Waals surface area contributed by atoms with E-state index in [1.165, 1.54) is 12.7 Å². The van der Waals surface area contributed by atoms with Crippen LogP contribution in [0.4, 0.5) is 21.1 Å². The fraction of sp³-hybridized carbons (Fsp3) is 0.368. The molecule has 6 rings (SSSR count). The fourth-order valence-corrected chi connectivity index (χ4v) is 6.74. The number of esters is 1. The van der Waals surface area contributed by atoms with Crippen molar-refractivity contribution >= 4 is 29.6 Å². The van der Waals surface area contributed by atoms with E-state index in [1.54, 1.807) is 28.9 Å². The predicted molar refractivity (Wildman–Crippen MR) is 185 cm³/mol. The van der Waals surface area contributed by atoms with Crippen molar-refractivity contribution < 1.29 is 23.9 Å². The fourth-order valence-electron chi connectivity index (χ4n) is 6.74. The number of piperidine rings is 1. The van der Waals surface area contributed by atoms with Gasteiger partial charge in [-0.1, -0.05) is 50.6 Å². The number of amides is 3. The summed E-state index contributed by atoms with van der Waals surface area (Å²) in [4.78, 5) is 39.8. The molecular formula is C38H43N5O5. The Bertz CT molecular complexity index is 1760. The van der Waals surface area contributed by atoms with Crippen molar-refractivity contribution in [1.82, 2.24) is 14.7 Å². The maximum Gasteiger partial charge on any atom is 0.415 e. The molecule has 48 heavy (non-hydrogen) atoms. The number of hydrogen-bond acceptors (Lipinski definition) is 6. The van der Waals surface area contributed by atoms with Crippen molar-refractivity contribution in [2.75, 3.05) is 17.7 Å². The number of carbonyl (C=O) groups is 3. The highest BCUT2D eigenvalue weighted by atomic mass is 16.6. The lowest BCUT2D eigenvalue weighted by Gasteiger charge is -2.38. The molecule has 10 nitrogen and oxygen atoms in total. The van der Waals surface area contributed by atoms with Gasteiger partial charge in [-0.05, 0) is 99.0 Å². The molecule has 2 fully saturated rings. The van der Waals surface area contributed by atoms with Crippen LogP contribution in [0.3, 0.4) is 0 Å². The Morgan fingerprint density at radius 1 is 0.875 bits per heavy atom. The lowest BCUT2D eigenvalue weighted by Crippen LogP contribution is -2.48. The largest absolute Gasteiger partial charge is 0.465 e. The molecule has 250 valence electrons. The van der Waals surface area contributed by atoms with E-state index >= 15 is 0 Å². The average molecular weight is 650 g/mol. The first-order valence-corrected chi connectivity index (χ1v) is 16.5. The smallest absolute Gasteiger partial charge is 0.415 e. The van der Waals surface area contributed by atoms with Crippen LogP contribution in [0.5, 0.6) is 5.75 Å². The second-order valence-electron chi connectivity index (χ2n) is 13.9. The van der Waals surface area contributed by atoms with Crippen molar-refractivity contribution in [2.45, 2.75) is 77.3 Å². The molecule has 3 aromatic carbocycles. The number of aromatic nitrogens is 2. The van der Waals surface area contributed by atoms with Crippen molar-refractivity contribution in [3.05, 3.63) is 101 Å². The highest BCUT2D eigenvalue weighted by molar-refractivity contribution is 5.99. The zero-order valence-corrected chi connectivity index (χ0v) is 28.2. The highest BCUT2D eigenvalue weighted by Crippen LogP contribution is 2.40. The van der Waals surface area contributed by atoms with Crippen LogP contribution in [0.15, 0.2) is 78.9 Å². The molecule has 0 spiro atoms. The Morgan fingerprint density at radius 3 is 2.12 bits per heavy atom. The van der Waals surface area contributed by atoms with Gasteiger partial charge in [-0.3, -0.25) is 5.32 Å². The number of rotatable bonds is 7. The summed E-state index contributed by atoms with van der Waals surface area (Å²) in [5, 5.41) is 10.7. The molecule has 2 N–H and O–H groups in total. The Balaban J connectivity index is 1.03. The van der Waals surface area contributed by atoms with Crippen LogP contribution in [0.2, 0.25) is 0 Å². The summed E-state index contributed by atoms with van der Waals surface area (Å²) in [5.74, 6) is 1.02. The van der Waals surface area contributed by atoms with Gasteiger partial charge in [-0.25, -0.2) is 19.1 Å². The zero-order chi connectivity index (χ0) is 34.0. The van der Waals surface area contributed by atoms with Crippen LogP contribution < -0.4 is 15.4 Å². The second kappa shape index (κ2) is 13.5. The van der Waals surface area contributed by atoms with Gasteiger partial charge >= 0.3 is 18.1 Å². The van der Waals surface area contributed by atoms with Gasteiger partial charge in [0.2, 0.25) is 0 Å². The van der Waals surface area contributed by atoms with Crippen LogP contribution in [-0.4, -0.2) is 52.0 Å². The molecule has 1 aromatic heterocycles. The molecule has 2 bridgehead atoms. The Labute approximate surface area is 281 Å². The van der Waals surface area contributed by atoms with Gasteiger partial charge in [0, 0.05) is 29.3 Å². The van der Waals surface area contributed by atoms with Crippen molar-refractivity contribution in [1.29, 1.82) is 0 Å². The van der Waals surface area contributed by atoms with Gasteiger partial charge in [-0.15, -0.1) is 0 Å². The lowest BCUT2D eigenvalue weighted by molar-refractivity contribution is 0.0600. The van der Waals surface area contributed by atoms with Gasteiger partial charge < -0.3 is 19.7 Å². The molecule has 2 saturated heterocycles. The summed E-state index contributed by atoms with van der Waals surface area (Å²) in [6.07, 6.45) is 4.34. The Kier molecular flexibility index (Phi) is 9.26. The van der Waals surface area contributed by atoms with Gasteiger partial charge in [0.15, 0.2) is 0 Å². The molecular weight excluding hydrogens is 606 g/mol. The third-order valence-corrected chi connectivity index (χ3v) is 9.26. The molecule has 2 atom stereocenters. The zero-order valence-electron chi connectivity index (χ0n) is 28.2. The maximum atomic E-state index is 13.1. The normalized spacial score (nSPS) is 18.7. The summed E-state index contributed by atoms with van der Waals surface area (Å²) in [7, 11) is 1.33. The molecule has 4 aromatic rings. The first kappa shape index (κ1) is 32.8. The summed E-state index contributed by atoms with van der Waals surface area (Å²) >= 11 is 0. The third-order valence-electron chi connectivity index (χ3n) is 9.26. The number of ether oxygens (including phenoxy) is 2. The van der Waals surface area contributed by atoms with Crippen LogP contribution in [0, 0.1) is 12.8 Å². The van der Waals surface area contributed by atoms with Crippen LogP contribution in [-0.2, 0) is 16.6 Å². The highest BCUT2D eigenvalue weighted by Gasteiger charge is 2.44. The van der Waals surface area contributed by atoms with Gasteiger partial charge in [0.05, 0.1) is 24.1 Å². The minimum absolute atomic E-state index is 0.146. The molecule has 0 aliphatic carbocycles. The first-order chi connectivity index (χ1) is 23.0. The number of anilines is 2. The topological polar surface area (TPSA) is 115 Å². The number of fused-ring (bicyclic) bond motifs is 2. The summed E-state index contributed by atoms with van der Waals surface area (Å²) in [5.41, 5.74) is 5.02. The van der Waals surface area contributed by atoms with Crippen molar-refractivity contribution in [3.63, 3.8) is 0 Å². The molecule has 0 saturated carbocycles. The number of nitrogens with zero attached hydrogens (tertiary/aromatic N) is 3. The minimum Gasteiger partial charge on any atom is -0.465 e. The molecule has 3 heterocycles. The van der Waals surface area contributed by atoms with Gasteiger partial charge in [0.1, 0.15) is 11.6 Å². The van der Waals surface area contributed by atoms with E-state index in [4.69, 9.17) is 14.6 Å². The number of carbonyl (C=O) groups excluding carboxylic acids is 3. The van der Waals surface area contributed by atoms with E-state index in [2.05, 4.69) is 43.5 Å². The van der Waals surface area contributed by atoms with Crippen LogP contribution in [0.25, 0.3) is 5.69 Å². The van der Waals surface area contributed by atoms with E-state index in [1.807, 2.05) is 54.3 Å². The number of benzene rings is 3. The molecule has 2 aliphatic heterocycles. The van der Waals surface area contributed by atoms with E-state index in [0.717, 1.165) is 49.0 Å². The predicted octanol–water partition coefficient (Wildman–Crippen LogP) is 7.89. The quantitative estimate of drug-likeness (QED) is 0.197. The number of urea groups is 1. The van der Waals surface area contributed by atoms with Crippen molar-refractivity contribution in [2.24, 2.45) is 5.92 Å². The number of hydrogen-bond donors (Lipinski definition) is 2. The third kappa shape index (κ3) is 7.38.